The van der Waals surface area contributed by atoms with Crippen LogP contribution in [0.5, 0.6) is 0 Å². The highest BCUT2D eigenvalue weighted by molar-refractivity contribution is 7.39. The number of thiophene rings is 3. The van der Waals surface area contributed by atoms with E-state index in [2.05, 4.69) is 35.2 Å². The minimum absolute atomic E-state index is 0.0993. The van der Waals surface area contributed by atoms with Gasteiger partial charge in [-0.05, 0) is 72.3 Å². The second kappa shape index (κ2) is 9.05. The number of rotatable bonds is 2. The minimum atomic E-state index is -0.104. The third-order valence-electron chi connectivity index (χ3n) is 9.31. The van der Waals surface area contributed by atoms with E-state index in [4.69, 9.17) is 6.57 Å². The summed E-state index contributed by atoms with van der Waals surface area (Å²) in [6.07, 6.45) is 19.6. The molecule has 0 radical (unpaired) electrons. The Morgan fingerprint density at radius 3 is 1.62 bits per heavy atom. The predicted octanol–water partition coefficient (Wildman–Crippen LogP) is 9.68. The molecule has 3 aromatic rings. The van der Waals surface area contributed by atoms with Crippen LogP contribution in [-0.2, 0) is 10.8 Å². The number of hydrogen-bond acceptors (Lipinski definition) is 6. The van der Waals surface area contributed by atoms with Crippen molar-refractivity contribution in [3.05, 3.63) is 66.9 Å². The standard InChI is InChI=1S/C32H24N4S3/c1-36-22(18-35)13-21-15-24-26(32(21)10-6-3-7-11-32)28-30(38-24)29-27(39-28)25-23(37-29)14-20(12-19(16-33)17-34)31(25)8-4-2-5-9-31/h12-15H,2-11H2/b22-13+. The van der Waals surface area contributed by atoms with Crippen molar-refractivity contribution in [2.24, 2.45) is 0 Å². The number of nitriles is 3. The van der Waals surface area contributed by atoms with Crippen LogP contribution in [0.4, 0.5) is 0 Å². The van der Waals surface area contributed by atoms with Gasteiger partial charge in [0.15, 0.2) is 0 Å². The molecule has 0 atom stereocenters. The van der Waals surface area contributed by atoms with Crippen molar-refractivity contribution in [3.8, 4) is 18.2 Å². The molecule has 4 aliphatic carbocycles. The molecular weight excluding hydrogens is 537 g/mol. The maximum atomic E-state index is 9.50. The Morgan fingerprint density at radius 1 is 0.692 bits per heavy atom. The lowest BCUT2D eigenvalue weighted by Gasteiger charge is -2.36. The van der Waals surface area contributed by atoms with Gasteiger partial charge in [0.25, 0.3) is 5.70 Å². The summed E-state index contributed by atoms with van der Waals surface area (Å²) in [5.74, 6) is 0. The monoisotopic (exact) mass is 560 g/mol. The van der Waals surface area contributed by atoms with Crippen molar-refractivity contribution in [1.29, 1.82) is 15.8 Å². The van der Waals surface area contributed by atoms with Gasteiger partial charge in [-0.25, -0.2) is 10.1 Å². The second-order valence-corrected chi connectivity index (χ2v) is 14.2. The number of hydrogen-bond donors (Lipinski definition) is 0. The van der Waals surface area contributed by atoms with Crippen LogP contribution in [0.1, 0.15) is 85.1 Å². The highest BCUT2D eigenvalue weighted by Crippen LogP contribution is 2.63. The van der Waals surface area contributed by atoms with E-state index in [9.17, 15) is 15.8 Å². The van der Waals surface area contributed by atoms with Gasteiger partial charge in [-0.2, -0.15) is 10.5 Å². The first kappa shape index (κ1) is 24.6. The Morgan fingerprint density at radius 2 is 1.18 bits per heavy atom. The van der Waals surface area contributed by atoms with E-state index in [1.54, 1.807) is 0 Å². The first-order valence-electron chi connectivity index (χ1n) is 13.6. The highest BCUT2D eigenvalue weighted by atomic mass is 32.1. The fraction of sp³-hybridized carbons (Fsp3) is 0.375. The lowest BCUT2D eigenvalue weighted by Crippen LogP contribution is -2.28. The van der Waals surface area contributed by atoms with Gasteiger partial charge in [-0.3, -0.25) is 0 Å². The van der Waals surface area contributed by atoms with E-state index in [0.29, 0.717) is 0 Å². The Kier molecular flexibility index (Phi) is 5.70. The van der Waals surface area contributed by atoms with Gasteiger partial charge >= 0.3 is 0 Å². The normalized spacial score (nSPS) is 20.6. The second-order valence-electron chi connectivity index (χ2n) is 11.1. The van der Waals surface area contributed by atoms with Crippen molar-refractivity contribution in [3.63, 3.8) is 0 Å². The Bertz CT molecular complexity index is 1690. The van der Waals surface area contributed by atoms with Crippen LogP contribution >= 0.6 is 34.0 Å². The summed E-state index contributed by atoms with van der Waals surface area (Å²) in [5, 5.41) is 28.5. The average molecular weight is 561 g/mol. The largest absolute Gasteiger partial charge is 0.262 e. The Labute approximate surface area is 239 Å². The molecule has 0 aliphatic heterocycles. The van der Waals surface area contributed by atoms with Crippen molar-refractivity contribution >= 4 is 65.0 Å². The fourth-order valence-corrected chi connectivity index (χ4v) is 12.5. The van der Waals surface area contributed by atoms with E-state index < -0.39 is 0 Å². The van der Waals surface area contributed by atoms with Crippen LogP contribution < -0.4 is 0 Å². The number of fused-ring (bicyclic) bond motifs is 9. The zero-order valence-corrected chi connectivity index (χ0v) is 23.8. The predicted molar refractivity (Wildman–Crippen MR) is 160 cm³/mol. The summed E-state index contributed by atoms with van der Waals surface area (Å²) in [6.45, 7) is 7.45. The van der Waals surface area contributed by atoms with Gasteiger partial charge in [0.1, 0.15) is 17.7 Å². The Balaban J connectivity index is 1.44. The fourth-order valence-electron chi connectivity index (χ4n) is 7.65. The first-order valence-corrected chi connectivity index (χ1v) is 16.0. The molecule has 7 rings (SSSR count). The Hall–Kier alpha value is -3.46. The zero-order chi connectivity index (χ0) is 26.8. The zero-order valence-electron chi connectivity index (χ0n) is 21.4. The molecule has 39 heavy (non-hydrogen) atoms. The molecule has 0 saturated heterocycles. The summed E-state index contributed by atoms with van der Waals surface area (Å²) in [5.41, 5.74) is 5.33. The molecular formula is C32H24N4S3. The van der Waals surface area contributed by atoms with Crippen LogP contribution in [0.3, 0.4) is 0 Å². The SMILES string of the molecule is [C-]#[N+]/C(C#N)=C/C1=Cc2sc3c(sc4c5c(sc43)C=C(C=C(C#N)C#N)C53CCCCC3)c2C12CCCCC2. The van der Waals surface area contributed by atoms with Gasteiger partial charge in [0.05, 0.1) is 31.4 Å². The smallest absolute Gasteiger partial charge is 0.227 e. The molecule has 190 valence electrons. The van der Waals surface area contributed by atoms with Crippen molar-refractivity contribution in [2.45, 2.75) is 75.0 Å². The minimum Gasteiger partial charge on any atom is -0.227 e. The maximum Gasteiger partial charge on any atom is 0.262 e. The quantitative estimate of drug-likeness (QED) is 0.231. The topological polar surface area (TPSA) is 75.7 Å². The van der Waals surface area contributed by atoms with Gasteiger partial charge in [-0.1, -0.05) is 38.5 Å². The molecule has 4 aliphatic rings. The third-order valence-corrected chi connectivity index (χ3v) is 13.2. The molecule has 0 bridgehead atoms. The molecule has 2 saturated carbocycles. The molecule has 0 amide bonds. The van der Waals surface area contributed by atoms with Gasteiger partial charge in [0.2, 0.25) is 0 Å². The van der Waals surface area contributed by atoms with E-state index >= 15 is 0 Å². The molecule has 7 heteroatoms. The molecule has 0 N–H and O–H groups in total. The third kappa shape index (κ3) is 3.35. The van der Waals surface area contributed by atoms with Crippen LogP contribution in [0.25, 0.3) is 35.8 Å². The van der Waals surface area contributed by atoms with Crippen molar-refractivity contribution in [2.75, 3.05) is 0 Å². The summed E-state index contributed by atoms with van der Waals surface area (Å²) in [6, 6.07) is 6.24. The molecule has 3 aromatic heterocycles. The molecule has 2 spiro atoms. The average Bonchev–Trinajstić information content (AvgIpc) is 3.72. The molecule has 0 aromatic carbocycles. The van der Waals surface area contributed by atoms with Gasteiger partial charge in [0, 0.05) is 20.6 Å². The van der Waals surface area contributed by atoms with Crippen LogP contribution in [-0.4, -0.2) is 0 Å². The molecule has 2 fully saturated rings. The summed E-state index contributed by atoms with van der Waals surface area (Å²) >= 11 is 5.71. The maximum absolute atomic E-state index is 9.50. The summed E-state index contributed by atoms with van der Waals surface area (Å²) < 4.78 is 5.57. The van der Waals surface area contributed by atoms with E-state index in [0.717, 1.165) is 49.7 Å². The van der Waals surface area contributed by atoms with Crippen LogP contribution in [0.15, 0.2) is 34.6 Å². The highest BCUT2D eigenvalue weighted by Gasteiger charge is 2.47. The summed E-state index contributed by atoms with van der Waals surface area (Å²) in [4.78, 5) is 6.09. The van der Waals surface area contributed by atoms with Crippen LogP contribution in [0, 0.1) is 40.6 Å². The lowest BCUT2D eigenvalue weighted by atomic mass is 9.67. The van der Waals surface area contributed by atoms with Crippen LogP contribution in [0.2, 0.25) is 0 Å². The summed E-state index contributed by atoms with van der Waals surface area (Å²) in [7, 11) is 0. The molecule has 0 unspecified atom stereocenters. The van der Waals surface area contributed by atoms with Crippen molar-refractivity contribution < 1.29 is 0 Å². The van der Waals surface area contributed by atoms with E-state index in [-0.39, 0.29) is 22.1 Å². The van der Waals surface area contributed by atoms with Gasteiger partial charge < -0.3 is 0 Å². The van der Waals surface area contributed by atoms with Gasteiger partial charge in [-0.15, -0.1) is 34.0 Å². The first-order chi connectivity index (χ1) is 19.1. The van der Waals surface area contributed by atoms with E-state index in [1.807, 2.05) is 46.2 Å². The van der Waals surface area contributed by atoms with Crippen molar-refractivity contribution in [1.82, 2.24) is 0 Å². The lowest BCUT2D eigenvalue weighted by molar-refractivity contribution is 0.353. The number of nitrogens with zero attached hydrogens (tertiary/aromatic N) is 4. The number of allylic oxidation sites excluding steroid dienone is 6. The molecule has 4 nitrogen and oxygen atoms in total. The molecule has 3 heterocycles. The van der Waals surface area contributed by atoms with E-state index in [1.165, 1.54) is 65.4 Å².